The Balaban J connectivity index is 2.08. The molecule has 6 N–H and O–H groups in total. The second-order valence-electron chi connectivity index (χ2n) is 3.65. The van der Waals surface area contributed by atoms with E-state index in [4.69, 9.17) is 11.5 Å². The molecule has 2 rings (SSSR count). The fourth-order valence-electron chi connectivity index (χ4n) is 1.43. The van der Waals surface area contributed by atoms with Crippen LogP contribution in [0.25, 0.3) is 0 Å². The molecule has 5 heteroatoms. The summed E-state index contributed by atoms with van der Waals surface area (Å²) in [7, 11) is 0. The maximum Gasteiger partial charge on any atom is 0.149 e. The van der Waals surface area contributed by atoms with Crippen molar-refractivity contribution in [1.29, 1.82) is 0 Å². The molecular formula is C12H14N4O. The minimum atomic E-state index is 0.253. The molecule has 0 bridgehead atoms. The van der Waals surface area contributed by atoms with Gasteiger partial charge in [-0.3, -0.25) is 0 Å². The van der Waals surface area contributed by atoms with Gasteiger partial charge in [0.05, 0.1) is 5.69 Å². The Kier molecular flexibility index (Phi) is 3.00. The lowest BCUT2D eigenvalue weighted by atomic mass is 10.2. The summed E-state index contributed by atoms with van der Waals surface area (Å²) < 4.78 is 0. The third-order valence-corrected chi connectivity index (χ3v) is 2.41. The molecule has 0 aliphatic rings. The Morgan fingerprint density at radius 2 is 1.88 bits per heavy atom. The van der Waals surface area contributed by atoms with Gasteiger partial charge in [0, 0.05) is 12.1 Å². The van der Waals surface area contributed by atoms with Crippen LogP contribution in [0.5, 0.6) is 5.75 Å². The summed E-state index contributed by atoms with van der Waals surface area (Å²) in [6.07, 6.45) is 0. The van der Waals surface area contributed by atoms with E-state index in [1.165, 1.54) is 0 Å². The first kappa shape index (κ1) is 11.1. The highest BCUT2D eigenvalue weighted by atomic mass is 16.3. The van der Waals surface area contributed by atoms with E-state index in [-0.39, 0.29) is 5.75 Å². The predicted molar refractivity (Wildman–Crippen MR) is 68.5 cm³/mol. The second kappa shape index (κ2) is 4.61. The molecule has 1 aromatic heterocycles. The molecule has 0 amide bonds. The molecule has 5 nitrogen and oxygen atoms in total. The van der Waals surface area contributed by atoms with E-state index >= 15 is 0 Å². The van der Waals surface area contributed by atoms with Crippen molar-refractivity contribution in [2.75, 3.05) is 16.8 Å². The van der Waals surface area contributed by atoms with Gasteiger partial charge in [0.25, 0.3) is 0 Å². The molecule has 0 radical (unpaired) electrons. The first-order valence-corrected chi connectivity index (χ1v) is 5.19. The molecule has 0 saturated heterocycles. The van der Waals surface area contributed by atoms with E-state index in [9.17, 15) is 5.11 Å². The van der Waals surface area contributed by atoms with Crippen molar-refractivity contribution in [3.8, 4) is 5.75 Å². The van der Waals surface area contributed by atoms with Gasteiger partial charge in [0.2, 0.25) is 0 Å². The third-order valence-electron chi connectivity index (χ3n) is 2.41. The Morgan fingerprint density at radius 1 is 1.12 bits per heavy atom. The van der Waals surface area contributed by atoms with Gasteiger partial charge in [-0.25, -0.2) is 4.98 Å². The minimum absolute atomic E-state index is 0.253. The number of anilines is 3. The smallest absolute Gasteiger partial charge is 0.149 e. The number of nitrogens with one attached hydrogen (secondary N) is 1. The molecule has 1 heterocycles. The van der Waals surface area contributed by atoms with Crippen LogP contribution < -0.4 is 16.8 Å². The number of rotatable bonds is 3. The van der Waals surface area contributed by atoms with Crippen molar-refractivity contribution < 1.29 is 5.11 Å². The van der Waals surface area contributed by atoms with Crippen LogP contribution in [0.3, 0.4) is 0 Å². The molecule has 0 spiro atoms. The van der Waals surface area contributed by atoms with Crippen LogP contribution in [0.2, 0.25) is 0 Å². The van der Waals surface area contributed by atoms with Gasteiger partial charge < -0.3 is 21.9 Å². The average molecular weight is 230 g/mol. The summed E-state index contributed by atoms with van der Waals surface area (Å²) >= 11 is 0. The number of aromatic hydroxyl groups is 1. The zero-order valence-corrected chi connectivity index (χ0v) is 9.22. The number of phenols is 1. The molecule has 0 aliphatic heterocycles. The number of nitrogens with two attached hydrogens (primary N) is 2. The summed E-state index contributed by atoms with van der Waals surface area (Å²) in [5, 5.41) is 12.6. The van der Waals surface area contributed by atoms with Gasteiger partial charge >= 0.3 is 0 Å². The van der Waals surface area contributed by atoms with Crippen molar-refractivity contribution in [2.45, 2.75) is 6.54 Å². The number of benzene rings is 1. The van der Waals surface area contributed by atoms with E-state index in [0.29, 0.717) is 23.9 Å². The average Bonchev–Trinajstić information content (AvgIpc) is 2.32. The highest BCUT2D eigenvalue weighted by Gasteiger charge is 2.01. The molecule has 0 unspecified atom stereocenters. The quantitative estimate of drug-likeness (QED) is 0.641. The van der Waals surface area contributed by atoms with Crippen LogP contribution in [0.15, 0.2) is 36.4 Å². The number of pyridine rings is 1. The highest BCUT2D eigenvalue weighted by molar-refractivity contribution is 5.61. The lowest BCUT2D eigenvalue weighted by Gasteiger charge is -2.08. The first-order chi connectivity index (χ1) is 8.16. The molecule has 1 aromatic carbocycles. The first-order valence-electron chi connectivity index (χ1n) is 5.19. The summed E-state index contributed by atoms with van der Waals surface area (Å²) in [5.74, 6) is 1.18. The maximum atomic E-state index is 9.58. The van der Waals surface area contributed by atoms with Gasteiger partial charge in [-0.2, -0.15) is 0 Å². The zero-order chi connectivity index (χ0) is 12.3. The lowest BCUT2D eigenvalue weighted by Crippen LogP contribution is -2.04. The fraction of sp³-hybridized carbons (Fsp3) is 0.0833. The maximum absolute atomic E-state index is 9.58. The molecule has 0 fully saturated rings. The Bertz CT molecular complexity index is 528. The van der Waals surface area contributed by atoms with E-state index in [1.807, 2.05) is 12.1 Å². The normalized spacial score (nSPS) is 10.1. The van der Waals surface area contributed by atoms with Gasteiger partial charge in [-0.05, 0) is 18.2 Å². The summed E-state index contributed by atoms with van der Waals surface area (Å²) in [6, 6.07) is 10.5. The Hall–Kier alpha value is -2.43. The van der Waals surface area contributed by atoms with Crippen molar-refractivity contribution >= 4 is 17.3 Å². The topological polar surface area (TPSA) is 97.2 Å². The highest BCUT2D eigenvalue weighted by Crippen LogP contribution is 2.18. The van der Waals surface area contributed by atoms with Crippen molar-refractivity contribution in [3.05, 3.63) is 42.0 Å². The number of hydrogen-bond acceptors (Lipinski definition) is 5. The van der Waals surface area contributed by atoms with Crippen LogP contribution >= 0.6 is 0 Å². The zero-order valence-electron chi connectivity index (χ0n) is 9.22. The monoisotopic (exact) mass is 230 g/mol. The van der Waals surface area contributed by atoms with Gasteiger partial charge in [0.1, 0.15) is 17.4 Å². The van der Waals surface area contributed by atoms with Crippen molar-refractivity contribution in [1.82, 2.24) is 4.98 Å². The van der Waals surface area contributed by atoms with Gasteiger partial charge in [-0.15, -0.1) is 0 Å². The van der Waals surface area contributed by atoms with Crippen LogP contribution in [-0.4, -0.2) is 10.1 Å². The standard InChI is InChI=1S/C12H14N4O/c13-9-5-6-11(16-12(9)14)15-7-8-3-1-2-4-10(8)17/h1-6,17H,7,13H2,(H3,14,15,16). The van der Waals surface area contributed by atoms with Crippen LogP contribution in [0.1, 0.15) is 5.56 Å². The number of hydrogen-bond donors (Lipinski definition) is 4. The Morgan fingerprint density at radius 3 is 2.59 bits per heavy atom. The van der Waals surface area contributed by atoms with Crippen LogP contribution in [0.4, 0.5) is 17.3 Å². The molecule has 17 heavy (non-hydrogen) atoms. The summed E-state index contributed by atoms with van der Waals surface area (Å²) in [6.45, 7) is 0.475. The molecule has 2 aromatic rings. The summed E-state index contributed by atoms with van der Waals surface area (Å²) in [5.41, 5.74) is 12.4. The number of nitrogens with zero attached hydrogens (tertiary/aromatic N) is 1. The van der Waals surface area contributed by atoms with Gasteiger partial charge in [0.15, 0.2) is 0 Å². The van der Waals surface area contributed by atoms with E-state index in [0.717, 1.165) is 5.56 Å². The number of aromatic nitrogens is 1. The molecular weight excluding hydrogens is 216 g/mol. The number of phenolic OH excluding ortho intramolecular Hbond substituents is 1. The van der Waals surface area contributed by atoms with E-state index < -0.39 is 0 Å². The molecule has 0 saturated carbocycles. The van der Waals surface area contributed by atoms with Crippen LogP contribution in [0, 0.1) is 0 Å². The van der Waals surface area contributed by atoms with Crippen LogP contribution in [-0.2, 0) is 6.54 Å². The number of para-hydroxylation sites is 1. The predicted octanol–water partition coefficient (Wildman–Crippen LogP) is 1.56. The lowest BCUT2D eigenvalue weighted by molar-refractivity contribution is 0.469. The molecule has 88 valence electrons. The Labute approximate surface area is 99.1 Å². The van der Waals surface area contributed by atoms with E-state index in [1.54, 1.807) is 24.3 Å². The largest absolute Gasteiger partial charge is 0.508 e. The van der Waals surface area contributed by atoms with E-state index in [2.05, 4.69) is 10.3 Å². The molecule has 0 aliphatic carbocycles. The van der Waals surface area contributed by atoms with Crippen molar-refractivity contribution in [2.24, 2.45) is 0 Å². The van der Waals surface area contributed by atoms with Crippen molar-refractivity contribution in [3.63, 3.8) is 0 Å². The van der Waals surface area contributed by atoms with Gasteiger partial charge in [-0.1, -0.05) is 18.2 Å². The third kappa shape index (κ3) is 2.57. The summed E-state index contributed by atoms with van der Waals surface area (Å²) in [4.78, 5) is 4.08. The minimum Gasteiger partial charge on any atom is -0.508 e. The fourth-order valence-corrected chi connectivity index (χ4v) is 1.43. The molecule has 0 atom stereocenters. The number of nitrogen functional groups attached to an aromatic ring is 2. The SMILES string of the molecule is Nc1ccc(NCc2ccccc2O)nc1N. The second-order valence-corrected chi connectivity index (χ2v) is 3.65.